The lowest BCUT2D eigenvalue weighted by molar-refractivity contribution is 0.694. The van der Waals surface area contributed by atoms with Gasteiger partial charge in [-0.05, 0) is 49.7 Å². The molecule has 0 aliphatic heterocycles. The lowest BCUT2D eigenvalue weighted by Crippen LogP contribution is -2.15. The number of thiophene rings is 1. The van der Waals surface area contributed by atoms with Crippen LogP contribution in [0.3, 0.4) is 0 Å². The number of anilines is 1. The highest BCUT2D eigenvalue weighted by Crippen LogP contribution is 2.14. The second-order valence-electron chi connectivity index (χ2n) is 4.18. The van der Waals surface area contributed by atoms with Crippen LogP contribution in [0.5, 0.6) is 0 Å². The molecule has 2 rings (SSSR count). The molecule has 1 aromatic carbocycles. The van der Waals surface area contributed by atoms with Crippen LogP contribution in [0.1, 0.15) is 15.3 Å². The first kappa shape index (κ1) is 12.1. The average Bonchev–Trinajstić information content (AvgIpc) is 2.71. The van der Waals surface area contributed by atoms with E-state index in [1.165, 1.54) is 15.3 Å². The Morgan fingerprint density at radius 1 is 1.24 bits per heavy atom. The van der Waals surface area contributed by atoms with E-state index in [2.05, 4.69) is 30.4 Å². The number of aryl methyl sites for hydroxylation is 1. The molecule has 0 unspecified atom stereocenters. The van der Waals surface area contributed by atoms with Gasteiger partial charge < -0.3 is 11.1 Å². The molecule has 0 radical (unpaired) electrons. The molecule has 0 saturated carbocycles. The summed E-state index contributed by atoms with van der Waals surface area (Å²) in [5.41, 5.74) is 7.87. The Bertz CT molecular complexity index is 477. The molecule has 0 atom stereocenters. The predicted octanol–water partition coefficient (Wildman–Crippen LogP) is 2.97. The van der Waals surface area contributed by atoms with E-state index in [4.69, 9.17) is 5.73 Å². The molecule has 0 aliphatic rings. The Morgan fingerprint density at radius 2 is 2.12 bits per heavy atom. The fourth-order valence-electron chi connectivity index (χ4n) is 1.77. The van der Waals surface area contributed by atoms with Gasteiger partial charge in [0.2, 0.25) is 0 Å². The van der Waals surface area contributed by atoms with Crippen molar-refractivity contribution < 1.29 is 0 Å². The van der Waals surface area contributed by atoms with Crippen LogP contribution < -0.4 is 11.1 Å². The highest BCUT2D eigenvalue weighted by Gasteiger charge is 1.97. The molecule has 3 heteroatoms. The van der Waals surface area contributed by atoms with Crippen LogP contribution in [0, 0.1) is 6.92 Å². The van der Waals surface area contributed by atoms with Crippen molar-refractivity contribution in [2.45, 2.75) is 19.9 Å². The van der Waals surface area contributed by atoms with E-state index in [1.807, 2.05) is 29.5 Å². The molecular formula is C14H18N2S. The van der Waals surface area contributed by atoms with Gasteiger partial charge in [0.05, 0.1) is 0 Å². The summed E-state index contributed by atoms with van der Waals surface area (Å²) in [7, 11) is 0. The van der Waals surface area contributed by atoms with Crippen LogP contribution in [0.25, 0.3) is 0 Å². The topological polar surface area (TPSA) is 38.0 Å². The molecule has 0 amide bonds. The van der Waals surface area contributed by atoms with E-state index in [0.717, 1.165) is 25.2 Å². The third-order valence-electron chi connectivity index (χ3n) is 2.64. The summed E-state index contributed by atoms with van der Waals surface area (Å²) in [5, 5.41) is 3.45. The highest BCUT2D eigenvalue weighted by atomic mass is 32.1. The van der Waals surface area contributed by atoms with Gasteiger partial charge >= 0.3 is 0 Å². The summed E-state index contributed by atoms with van der Waals surface area (Å²) in [5.74, 6) is 0. The maximum absolute atomic E-state index is 5.74. The maximum Gasteiger partial charge on any atom is 0.0316 e. The van der Waals surface area contributed by atoms with E-state index >= 15 is 0 Å². The minimum absolute atomic E-state index is 0.844. The van der Waals surface area contributed by atoms with Gasteiger partial charge in [-0.15, -0.1) is 11.3 Å². The maximum atomic E-state index is 5.74. The van der Waals surface area contributed by atoms with Crippen LogP contribution in [0.15, 0.2) is 36.4 Å². The molecular weight excluding hydrogens is 228 g/mol. The van der Waals surface area contributed by atoms with E-state index in [0.29, 0.717) is 0 Å². The summed E-state index contributed by atoms with van der Waals surface area (Å²) in [6.45, 7) is 4.09. The first-order chi connectivity index (χ1) is 8.24. The smallest absolute Gasteiger partial charge is 0.0316 e. The molecule has 3 N–H and O–H groups in total. The normalized spacial score (nSPS) is 10.6. The summed E-state index contributed by atoms with van der Waals surface area (Å²) < 4.78 is 0. The van der Waals surface area contributed by atoms with Gasteiger partial charge in [0.1, 0.15) is 0 Å². The van der Waals surface area contributed by atoms with Crippen molar-refractivity contribution >= 4 is 17.0 Å². The molecule has 1 aromatic heterocycles. The van der Waals surface area contributed by atoms with Gasteiger partial charge in [0.15, 0.2) is 0 Å². The molecule has 0 spiro atoms. The molecule has 17 heavy (non-hydrogen) atoms. The van der Waals surface area contributed by atoms with E-state index in [-0.39, 0.29) is 0 Å². The van der Waals surface area contributed by atoms with Crippen LogP contribution in [0.4, 0.5) is 5.69 Å². The Labute approximate surface area is 106 Å². The number of nitrogens with two attached hydrogens (primary N) is 1. The number of nitrogens with one attached hydrogen (secondary N) is 1. The van der Waals surface area contributed by atoms with Crippen molar-refractivity contribution in [2.75, 3.05) is 12.3 Å². The first-order valence-electron chi connectivity index (χ1n) is 5.84. The van der Waals surface area contributed by atoms with Crippen molar-refractivity contribution in [1.82, 2.24) is 5.32 Å². The molecule has 2 aromatic rings. The average molecular weight is 246 g/mol. The van der Waals surface area contributed by atoms with Crippen LogP contribution in [-0.4, -0.2) is 6.54 Å². The molecule has 0 fully saturated rings. The number of nitrogen functional groups attached to an aromatic ring is 1. The number of benzene rings is 1. The first-order valence-corrected chi connectivity index (χ1v) is 6.66. The SMILES string of the molecule is Cc1ccc(CNCCc2cccc(N)c2)s1. The van der Waals surface area contributed by atoms with Crippen LogP contribution in [-0.2, 0) is 13.0 Å². The largest absolute Gasteiger partial charge is 0.399 e. The van der Waals surface area contributed by atoms with Gasteiger partial charge in [-0.3, -0.25) is 0 Å². The summed E-state index contributed by atoms with van der Waals surface area (Å²) in [6, 6.07) is 12.4. The second kappa shape index (κ2) is 5.84. The van der Waals surface area contributed by atoms with Crippen molar-refractivity contribution in [2.24, 2.45) is 0 Å². The standard InChI is InChI=1S/C14H18N2S/c1-11-5-6-14(17-11)10-16-8-7-12-3-2-4-13(15)9-12/h2-6,9,16H,7-8,10,15H2,1H3. The molecule has 90 valence electrons. The number of hydrogen-bond donors (Lipinski definition) is 2. The molecule has 2 nitrogen and oxygen atoms in total. The van der Waals surface area contributed by atoms with E-state index < -0.39 is 0 Å². The molecule has 0 bridgehead atoms. The lowest BCUT2D eigenvalue weighted by atomic mass is 10.1. The Balaban J connectivity index is 1.73. The monoisotopic (exact) mass is 246 g/mol. The van der Waals surface area contributed by atoms with Crippen LogP contribution in [0.2, 0.25) is 0 Å². The third kappa shape index (κ3) is 3.88. The van der Waals surface area contributed by atoms with Crippen molar-refractivity contribution in [3.63, 3.8) is 0 Å². The summed E-state index contributed by atoms with van der Waals surface area (Å²) in [6.07, 6.45) is 1.02. The second-order valence-corrected chi connectivity index (χ2v) is 5.56. The van der Waals surface area contributed by atoms with Gasteiger partial charge in [-0.25, -0.2) is 0 Å². The Morgan fingerprint density at radius 3 is 2.82 bits per heavy atom. The zero-order chi connectivity index (χ0) is 12.1. The van der Waals surface area contributed by atoms with E-state index in [9.17, 15) is 0 Å². The van der Waals surface area contributed by atoms with E-state index in [1.54, 1.807) is 0 Å². The van der Waals surface area contributed by atoms with Gasteiger partial charge in [-0.2, -0.15) is 0 Å². The van der Waals surface area contributed by atoms with Crippen molar-refractivity contribution in [3.05, 3.63) is 51.7 Å². The summed E-state index contributed by atoms with van der Waals surface area (Å²) in [4.78, 5) is 2.77. The highest BCUT2D eigenvalue weighted by molar-refractivity contribution is 7.11. The number of rotatable bonds is 5. The van der Waals surface area contributed by atoms with Crippen molar-refractivity contribution in [3.8, 4) is 0 Å². The quantitative estimate of drug-likeness (QED) is 0.629. The Hall–Kier alpha value is -1.32. The third-order valence-corrected chi connectivity index (χ3v) is 3.64. The van der Waals surface area contributed by atoms with Crippen LogP contribution >= 0.6 is 11.3 Å². The predicted molar refractivity (Wildman–Crippen MR) is 75.3 cm³/mol. The fourth-order valence-corrected chi connectivity index (χ4v) is 2.63. The minimum Gasteiger partial charge on any atom is -0.399 e. The van der Waals surface area contributed by atoms with Gasteiger partial charge in [0.25, 0.3) is 0 Å². The fraction of sp³-hybridized carbons (Fsp3) is 0.286. The zero-order valence-electron chi connectivity index (χ0n) is 10.1. The van der Waals surface area contributed by atoms with Crippen molar-refractivity contribution in [1.29, 1.82) is 0 Å². The molecule has 0 aliphatic carbocycles. The van der Waals surface area contributed by atoms with Gasteiger partial charge in [-0.1, -0.05) is 12.1 Å². The number of hydrogen-bond acceptors (Lipinski definition) is 3. The zero-order valence-corrected chi connectivity index (χ0v) is 10.9. The minimum atomic E-state index is 0.844. The molecule has 0 saturated heterocycles. The lowest BCUT2D eigenvalue weighted by Gasteiger charge is -2.04. The molecule has 1 heterocycles. The Kier molecular flexibility index (Phi) is 4.18. The summed E-state index contributed by atoms with van der Waals surface area (Å²) >= 11 is 1.85. The van der Waals surface area contributed by atoms with Gasteiger partial charge in [0, 0.05) is 22.0 Å².